The quantitative estimate of drug-likeness (QED) is 0.944. The Balaban J connectivity index is 1.82. The number of ether oxygens (including phenoxy) is 1. The highest BCUT2D eigenvalue weighted by Gasteiger charge is 2.33. The van der Waals surface area contributed by atoms with E-state index in [9.17, 15) is 5.11 Å². The number of likely N-dealkylation sites (N-methyl/N-ethyl adjacent to an activating group) is 1. The van der Waals surface area contributed by atoms with Gasteiger partial charge in [0, 0.05) is 12.1 Å². The molecule has 0 radical (unpaired) electrons. The molecule has 2 aromatic rings. The van der Waals surface area contributed by atoms with Gasteiger partial charge in [0.2, 0.25) is 0 Å². The normalized spacial score (nSPS) is 20.6. The highest BCUT2D eigenvalue weighted by Crippen LogP contribution is 2.37. The van der Waals surface area contributed by atoms with E-state index in [-0.39, 0.29) is 6.04 Å². The first-order chi connectivity index (χ1) is 10.6. The van der Waals surface area contributed by atoms with Gasteiger partial charge >= 0.3 is 0 Å². The zero-order valence-corrected chi connectivity index (χ0v) is 13.4. The Kier molecular flexibility index (Phi) is 4.19. The minimum absolute atomic E-state index is 0.0332. The topological polar surface area (TPSA) is 32.7 Å². The van der Waals surface area contributed by atoms with E-state index in [4.69, 9.17) is 4.74 Å². The predicted octanol–water partition coefficient (Wildman–Crippen LogP) is 3.23. The number of aliphatic hydroxyl groups excluding tert-OH is 1. The number of rotatable bonds is 3. The largest absolute Gasteiger partial charge is 0.491 e. The summed E-state index contributed by atoms with van der Waals surface area (Å²) in [7, 11) is 2.04. The van der Waals surface area contributed by atoms with E-state index in [1.165, 1.54) is 11.1 Å². The van der Waals surface area contributed by atoms with Gasteiger partial charge in [0.25, 0.3) is 0 Å². The van der Waals surface area contributed by atoms with Gasteiger partial charge in [0.05, 0.1) is 6.04 Å². The molecule has 3 nitrogen and oxygen atoms in total. The van der Waals surface area contributed by atoms with Crippen LogP contribution in [0.3, 0.4) is 0 Å². The number of hydrogen-bond acceptors (Lipinski definition) is 3. The SMILES string of the molecule is Cc1cc(C)c2c(c1)OCC(N(C)Cc1ccccc1)C2O. The van der Waals surface area contributed by atoms with Crippen molar-refractivity contribution in [2.24, 2.45) is 0 Å². The van der Waals surface area contributed by atoms with Crippen molar-refractivity contribution < 1.29 is 9.84 Å². The smallest absolute Gasteiger partial charge is 0.125 e. The van der Waals surface area contributed by atoms with E-state index < -0.39 is 6.10 Å². The van der Waals surface area contributed by atoms with Crippen LogP contribution in [0.1, 0.15) is 28.4 Å². The maximum absolute atomic E-state index is 10.8. The van der Waals surface area contributed by atoms with Crippen molar-refractivity contribution in [1.29, 1.82) is 0 Å². The summed E-state index contributed by atoms with van der Waals surface area (Å²) in [6, 6.07) is 14.4. The second-order valence-electron chi connectivity index (χ2n) is 6.22. The lowest BCUT2D eigenvalue weighted by Gasteiger charge is -2.37. The van der Waals surface area contributed by atoms with Gasteiger partial charge in [-0.2, -0.15) is 0 Å². The molecule has 1 heterocycles. The number of hydrogen-bond donors (Lipinski definition) is 1. The first-order valence-corrected chi connectivity index (χ1v) is 7.72. The lowest BCUT2D eigenvalue weighted by atomic mass is 9.92. The third-order valence-corrected chi connectivity index (χ3v) is 4.40. The lowest BCUT2D eigenvalue weighted by Crippen LogP contribution is -2.43. The number of aliphatic hydroxyl groups is 1. The van der Waals surface area contributed by atoms with Gasteiger partial charge in [-0.25, -0.2) is 0 Å². The van der Waals surface area contributed by atoms with Crippen LogP contribution < -0.4 is 4.74 Å². The van der Waals surface area contributed by atoms with Crippen LogP contribution in [0.25, 0.3) is 0 Å². The summed E-state index contributed by atoms with van der Waals surface area (Å²) >= 11 is 0. The van der Waals surface area contributed by atoms with Gasteiger partial charge < -0.3 is 9.84 Å². The molecule has 116 valence electrons. The molecule has 0 spiro atoms. The maximum Gasteiger partial charge on any atom is 0.125 e. The van der Waals surface area contributed by atoms with Crippen molar-refractivity contribution in [3.8, 4) is 5.75 Å². The molecule has 22 heavy (non-hydrogen) atoms. The molecule has 2 unspecified atom stereocenters. The molecule has 0 aromatic heterocycles. The Labute approximate surface area is 132 Å². The van der Waals surface area contributed by atoms with E-state index in [0.29, 0.717) is 6.61 Å². The Morgan fingerprint density at radius 2 is 1.91 bits per heavy atom. The van der Waals surface area contributed by atoms with Gasteiger partial charge in [-0.3, -0.25) is 4.90 Å². The summed E-state index contributed by atoms with van der Waals surface area (Å²) in [4.78, 5) is 2.17. The molecular weight excluding hydrogens is 274 g/mol. The molecule has 0 saturated heterocycles. The number of benzene rings is 2. The Morgan fingerprint density at radius 1 is 1.18 bits per heavy atom. The second kappa shape index (κ2) is 6.11. The van der Waals surface area contributed by atoms with Crippen LogP contribution in [0.5, 0.6) is 5.75 Å². The fraction of sp³-hybridized carbons (Fsp3) is 0.368. The average Bonchev–Trinajstić information content (AvgIpc) is 2.47. The standard InChI is InChI=1S/C19H23NO2/c1-13-9-14(2)18-17(10-13)22-12-16(19(18)21)20(3)11-15-7-5-4-6-8-15/h4-10,16,19,21H,11-12H2,1-3H3. The zero-order chi connectivity index (χ0) is 15.7. The molecule has 1 aliphatic heterocycles. The molecule has 0 fully saturated rings. The predicted molar refractivity (Wildman–Crippen MR) is 88.1 cm³/mol. The van der Waals surface area contributed by atoms with Crippen LogP contribution in [0.15, 0.2) is 42.5 Å². The van der Waals surface area contributed by atoms with Crippen LogP contribution in [-0.2, 0) is 6.54 Å². The van der Waals surface area contributed by atoms with Crippen molar-refractivity contribution in [2.75, 3.05) is 13.7 Å². The molecule has 1 aliphatic rings. The van der Waals surface area contributed by atoms with E-state index in [1.807, 2.05) is 38.2 Å². The summed E-state index contributed by atoms with van der Waals surface area (Å²) in [5, 5.41) is 10.8. The fourth-order valence-corrected chi connectivity index (χ4v) is 3.25. The van der Waals surface area contributed by atoms with Gasteiger partial charge in [-0.1, -0.05) is 36.4 Å². The van der Waals surface area contributed by atoms with E-state index >= 15 is 0 Å². The average molecular weight is 297 g/mol. The number of nitrogens with zero attached hydrogens (tertiary/aromatic N) is 1. The zero-order valence-electron chi connectivity index (χ0n) is 13.4. The highest BCUT2D eigenvalue weighted by atomic mass is 16.5. The van der Waals surface area contributed by atoms with E-state index in [0.717, 1.165) is 23.4 Å². The molecule has 3 heteroatoms. The Bertz CT molecular complexity index is 654. The van der Waals surface area contributed by atoms with Crippen molar-refractivity contribution >= 4 is 0 Å². The second-order valence-corrected chi connectivity index (χ2v) is 6.22. The van der Waals surface area contributed by atoms with Crippen molar-refractivity contribution in [2.45, 2.75) is 32.5 Å². The van der Waals surface area contributed by atoms with E-state index in [1.54, 1.807) is 0 Å². The summed E-state index contributed by atoms with van der Waals surface area (Å²) in [5.74, 6) is 0.828. The Hall–Kier alpha value is -1.84. The maximum atomic E-state index is 10.8. The minimum atomic E-state index is -0.516. The van der Waals surface area contributed by atoms with Gasteiger partial charge in [-0.05, 0) is 43.7 Å². The summed E-state index contributed by atoms with van der Waals surface area (Å²) in [6.07, 6.45) is -0.516. The third kappa shape index (κ3) is 2.87. The molecular formula is C19H23NO2. The summed E-state index contributed by atoms with van der Waals surface area (Å²) < 4.78 is 5.93. The van der Waals surface area contributed by atoms with Crippen molar-refractivity contribution in [3.05, 3.63) is 64.7 Å². The first kappa shape index (κ1) is 15.1. The molecule has 2 atom stereocenters. The highest BCUT2D eigenvalue weighted by molar-refractivity contribution is 5.46. The van der Waals surface area contributed by atoms with E-state index in [2.05, 4.69) is 30.0 Å². The third-order valence-electron chi connectivity index (χ3n) is 4.40. The first-order valence-electron chi connectivity index (χ1n) is 7.72. The Morgan fingerprint density at radius 3 is 2.64 bits per heavy atom. The fourth-order valence-electron chi connectivity index (χ4n) is 3.25. The lowest BCUT2D eigenvalue weighted by molar-refractivity contribution is 0.0113. The molecule has 2 aromatic carbocycles. The molecule has 0 amide bonds. The monoisotopic (exact) mass is 297 g/mol. The van der Waals surface area contributed by atoms with Gasteiger partial charge in [0.15, 0.2) is 0 Å². The van der Waals surface area contributed by atoms with Crippen LogP contribution in [-0.4, -0.2) is 29.7 Å². The van der Waals surface area contributed by atoms with Gasteiger partial charge in [0.1, 0.15) is 18.5 Å². The molecule has 0 saturated carbocycles. The molecule has 0 bridgehead atoms. The molecule has 1 N–H and O–H groups in total. The molecule has 3 rings (SSSR count). The van der Waals surface area contributed by atoms with Crippen LogP contribution in [0.4, 0.5) is 0 Å². The van der Waals surface area contributed by atoms with Crippen LogP contribution in [0.2, 0.25) is 0 Å². The molecule has 0 aliphatic carbocycles. The van der Waals surface area contributed by atoms with Crippen LogP contribution >= 0.6 is 0 Å². The van der Waals surface area contributed by atoms with Crippen molar-refractivity contribution in [1.82, 2.24) is 4.90 Å². The van der Waals surface area contributed by atoms with Gasteiger partial charge in [-0.15, -0.1) is 0 Å². The number of fused-ring (bicyclic) bond motifs is 1. The summed E-state index contributed by atoms with van der Waals surface area (Å²) in [6.45, 7) is 5.40. The number of aryl methyl sites for hydroxylation is 2. The van der Waals surface area contributed by atoms with Crippen molar-refractivity contribution in [3.63, 3.8) is 0 Å². The summed E-state index contributed by atoms with van der Waals surface area (Å²) in [5.41, 5.74) is 4.44. The minimum Gasteiger partial charge on any atom is -0.491 e. The van der Waals surface area contributed by atoms with Crippen LogP contribution in [0, 0.1) is 13.8 Å².